The summed E-state index contributed by atoms with van der Waals surface area (Å²) < 4.78 is 109. The van der Waals surface area contributed by atoms with Gasteiger partial charge in [-0.05, 0) is 55.5 Å². The molecule has 5 unspecified atom stereocenters. The van der Waals surface area contributed by atoms with Crippen LogP contribution in [0.4, 0.5) is 18.9 Å². The minimum atomic E-state index is -4.53. The average molecular weight is 700 g/mol. The van der Waals surface area contributed by atoms with Crippen LogP contribution in [0, 0.1) is 0 Å². The van der Waals surface area contributed by atoms with Crippen LogP contribution in [-0.4, -0.2) is 109 Å². The normalized spacial score (nSPS) is 25.6. The van der Waals surface area contributed by atoms with Crippen LogP contribution >= 0.6 is 0 Å². The van der Waals surface area contributed by atoms with Gasteiger partial charge in [-0.15, -0.1) is 0 Å². The number of nitrogens with one attached hydrogen (secondary N) is 1. The number of carboxylic acid groups (broad SMARTS) is 1. The molecule has 2 heterocycles. The van der Waals surface area contributed by atoms with Crippen LogP contribution in [-0.2, 0) is 27.1 Å². The molecule has 6 atom stereocenters. The summed E-state index contributed by atoms with van der Waals surface area (Å²) >= 11 is 0. The van der Waals surface area contributed by atoms with Crippen molar-refractivity contribution in [1.29, 1.82) is 0 Å². The zero-order valence-corrected chi connectivity index (χ0v) is 28.0. The maximum Gasteiger partial charge on any atom is 1.00 e. The molecule has 48 heavy (non-hydrogen) atoms. The molecule has 2 aliphatic rings. The van der Waals surface area contributed by atoms with Gasteiger partial charge in [-0.25, -0.2) is 0 Å². The van der Waals surface area contributed by atoms with Crippen LogP contribution in [0.15, 0.2) is 36.4 Å². The van der Waals surface area contributed by atoms with Gasteiger partial charge in [0.1, 0.15) is 31.0 Å². The van der Waals surface area contributed by atoms with E-state index in [9.17, 15) is 43.2 Å². The number of amides is 1. The Morgan fingerprint density at radius 1 is 1.17 bits per heavy atom. The number of carbonyl (C=O) groups is 2. The monoisotopic (exact) mass is 699 g/mol. The van der Waals surface area contributed by atoms with E-state index in [-0.39, 0.29) is 84.5 Å². The van der Waals surface area contributed by atoms with E-state index < -0.39 is 74.8 Å². The zero-order valence-electron chi connectivity index (χ0n) is 32.0. The van der Waals surface area contributed by atoms with E-state index in [0.717, 1.165) is 4.90 Å². The number of primary amides is 1. The summed E-state index contributed by atoms with van der Waals surface area (Å²) in [5.41, 5.74) is 6.35. The Morgan fingerprint density at radius 2 is 1.85 bits per heavy atom. The summed E-state index contributed by atoms with van der Waals surface area (Å²) in [5.74, 6) is -3.01. The summed E-state index contributed by atoms with van der Waals surface area (Å²) in [7, 11) is 0. The number of rotatable bonds is 16. The predicted octanol–water partition coefficient (Wildman–Crippen LogP) is -3.34. The molecule has 1 fully saturated rings. The number of hydrogen-bond acceptors (Lipinski definition) is 12. The maximum atomic E-state index is 12.7. The smallest absolute Gasteiger partial charge is 0.547 e. The zero-order chi connectivity index (χ0) is 39.7. The van der Waals surface area contributed by atoms with Crippen molar-refractivity contribution < 1.29 is 99.9 Å². The van der Waals surface area contributed by atoms with E-state index in [1.54, 1.807) is 19.1 Å². The molecule has 4 rings (SSSR count). The molecule has 2 aromatic rings. The summed E-state index contributed by atoms with van der Waals surface area (Å²) in [6, 6.07) is 8.67. The fraction of sp³-hybridized carbons (Fsp3) is 0.548. The van der Waals surface area contributed by atoms with Crippen LogP contribution < -0.4 is 60.1 Å². The fourth-order valence-corrected chi connectivity index (χ4v) is 5.09. The number of ether oxygens (including phenoxy) is 4. The molecule has 1 saturated heterocycles. The summed E-state index contributed by atoms with van der Waals surface area (Å²) in [6.07, 6.45) is -19.2. The van der Waals surface area contributed by atoms with Crippen LogP contribution in [0.25, 0.3) is 0 Å². The fourth-order valence-electron chi connectivity index (χ4n) is 5.09. The number of nitrogens with two attached hydrogens (primary N) is 1. The Hall–Kier alpha value is -2.67. The van der Waals surface area contributed by atoms with E-state index in [1.165, 1.54) is 24.3 Å². The van der Waals surface area contributed by atoms with Gasteiger partial charge >= 0.3 is 35.7 Å². The topological polar surface area (TPSA) is 196 Å². The Bertz CT molecular complexity index is 1650. The molecule has 0 bridgehead atoms. The molecule has 260 valence electrons. The molecule has 17 heteroatoms. The minimum absolute atomic E-state index is 0. The number of anilines is 1. The predicted molar refractivity (Wildman–Crippen MR) is 158 cm³/mol. The molecular weight excluding hydrogens is 654 g/mol. The average Bonchev–Trinajstić information content (AvgIpc) is 3.50. The van der Waals surface area contributed by atoms with Crippen LogP contribution in [0.5, 0.6) is 11.5 Å². The second kappa shape index (κ2) is 17.8. The van der Waals surface area contributed by atoms with Crippen LogP contribution in [0.2, 0.25) is 0 Å². The van der Waals surface area contributed by atoms with Gasteiger partial charge in [-0.2, -0.15) is 13.2 Å². The number of benzene rings is 2. The van der Waals surface area contributed by atoms with Crippen molar-refractivity contribution in [2.75, 3.05) is 44.3 Å². The van der Waals surface area contributed by atoms with E-state index >= 15 is 0 Å². The molecule has 6 N–H and O–H groups in total. The van der Waals surface area contributed by atoms with Crippen molar-refractivity contribution in [1.82, 2.24) is 5.32 Å². The van der Waals surface area contributed by atoms with Crippen LogP contribution in [0.3, 0.4) is 0 Å². The number of nitrogens with zero attached hydrogens (tertiary/aromatic N) is 1. The van der Waals surface area contributed by atoms with Gasteiger partial charge in [0.25, 0.3) is 5.91 Å². The SMILES string of the molecule is [2H]C([2H])(OC1OC(C(=O)[O-])C(O)C(O)C1O)C([2H])([2H])C([2H])([2H])N1CCc2cc(C[C@@H](C)NCCOc3ccccc3OCC(F)(F)F)cc(C(N)=O)c21.[Na+]. The van der Waals surface area contributed by atoms with Gasteiger partial charge in [0.2, 0.25) is 0 Å². The van der Waals surface area contributed by atoms with Gasteiger partial charge in [-0.3, -0.25) is 4.79 Å². The minimum Gasteiger partial charge on any atom is -0.547 e. The third-order valence-corrected chi connectivity index (χ3v) is 7.24. The second-order valence-electron chi connectivity index (χ2n) is 10.8. The quantitative estimate of drug-likeness (QED) is 0.0865. The molecule has 0 aromatic heterocycles. The van der Waals surface area contributed by atoms with Gasteiger partial charge in [0.15, 0.2) is 24.4 Å². The van der Waals surface area contributed by atoms with E-state index in [1.807, 2.05) is 0 Å². The summed E-state index contributed by atoms with van der Waals surface area (Å²) in [6.45, 7) is -6.64. The molecule has 0 radical (unpaired) electrons. The number of alkyl halides is 3. The van der Waals surface area contributed by atoms with E-state index in [0.29, 0.717) is 17.5 Å². The van der Waals surface area contributed by atoms with Crippen molar-refractivity contribution in [2.24, 2.45) is 5.73 Å². The molecule has 0 aliphatic carbocycles. The first-order chi connectivity index (χ1) is 24.5. The first-order valence-corrected chi connectivity index (χ1v) is 14.4. The Labute approximate surface area is 305 Å². The van der Waals surface area contributed by atoms with E-state index in [2.05, 4.69) is 5.32 Å². The first kappa shape index (κ1) is 31.3. The Balaban J connectivity index is 0.00000784. The third-order valence-electron chi connectivity index (χ3n) is 7.24. The standard InChI is InChI=1S/C31H40F3N3O10.Na/c1-17(36-8-12-44-21-5-2-3-6-22(21)46-16-31(32,33)34)13-18-14-19-7-10-37(23(19)20(15-18)28(35)41)9-4-11-45-30-26(40)24(38)25(39)27(47-30)29(42)43;/h2-3,5-6,14-15,17,24-27,30,36,38-40H,4,7-13,16H2,1H3,(H2,35,41)(H,42,43);/q;+1/p-1/t17-,24?,25?,26?,27?,30?;/m1./s1/i4D2,9D2,11D2;. The second-order valence-corrected chi connectivity index (χ2v) is 10.8. The number of carboxylic acids is 1. The number of para-hydroxylation sites is 2. The number of aliphatic carboxylic acids is 1. The van der Waals surface area contributed by atoms with Gasteiger partial charge in [-0.1, -0.05) is 18.2 Å². The summed E-state index contributed by atoms with van der Waals surface area (Å²) in [4.78, 5) is 24.8. The largest absolute Gasteiger partial charge is 1.00 e. The van der Waals surface area contributed by atoms with E-state index in [4.69, 9.17) is 32.9 Å². The molecular formula is C31H39F3N3NaO10. The number of hydrogen-bond donors (Lipinski definition) is 5. The van der Waals surface area contributed by atoms with Crippen molar-refractivity contribution in [3.8, 4) is 11.5 Å². The Morgan fingerprint density at radius 3 is 2.50 bits per heavy atom. The first-order valence-electron chi connectivity index (χ1n) is 17.4. The van der Waals surface area contributed by atoms with Crippen LogP contribution in [0.1, 0.15) is 43.0 Å². The number of aliphatic hydroxyl groups is 3. The van der Waals surface area contributed by atoms with Crippen molar-refractivity contribution >= 4 is 17.6 Å². The third kappa shape index (κ3) is 10.7. The van der Waals surface area contributed by atoms with Crippen molar-refractivity contribution in [2.45, 2.75) is 69.1 Å². The molecule has 0 spiro atoms. The number of aliphatic hydroxyl groups excluding tert-OH is 3. The van der Waals surface area contributed by atoms with Gasteiger partial charge in [0, 0.05) is 31.1 Å². The number of fused-ring (bicyclic) bond motifs is 1. The Kier molecular flexibility index (Phi) is 11.6. The van der Waals surface area contributed by atoms with Crippen molar-refractivity contribution in [3.05, 3.63) is 53.1 Å². The number of halogens is 3. The molecule has 2 aliphatic heterocycles. The summed E-state index contributed by atoms with van der Waals surface area (Å²) in [5, 5.41) is 44.7. The number of carbonyl (C=O) groups excluding carboxylic acids is 2. The van der Waals surface area contributed by atoms with Gasteiger partial charge in [0.05, 0.1) is 26.5 Å². The van der Waals surface area contributed by atoms with Crippen molar-refractivity contribution in [3.63, 3.8) is 0 Å². The molecule has 13 nitrogen and oxygen atoms in total. The molecule has 1 amide bonds. The maximum absolute atomic E-state index is 12.7. The molecule has 0 saturated carbocycles. The molecule has 2 aromatic carbocycles. The van der Waals surface area contributed by atoms with Gasteiger partial charge < -0.3 is 60.1 Å².